The van der Waals surface area contributed by atoms with Gasteiger partial charge >= 0.3 is 11.9 Å². The summed E-state index contributed by atoms with van der Waals surface area (Å²) in [7, 11) is 0. The number of allylic oxidation sites excluding steroid dienone is 1. The Hall–Kier alpha value is -0.990. The highest BCUT2D eigenvalue weighted by atomic mass is 32.2. The second-order valence-corrected chi connectivity index (χ2v) is 10.1. The van der Waals surface area contributed by atoms with Gasteiger partial charge in [0.25, 0.3) is 0 Å². The number of hydrogen-bond donors (Lipinski definition) is 4. The Kier molecular flexibility index (Phi) is 17.0. The van der Waals surface area contributed by atoms with Crippen molar-refractivity contribution in [2.24, 2.45) is 29.4 Å². The molecule has 3 rings (SSSR count). The largest absolute Gasteiger partial charge is 0.481 e. The summed E-state index contributed by atoms with van der Waals surface area (Å²) in [6, 6.07) is 0. The van der Waals surface area contributed by atoms with Crippen LogP contribution in [0.4, 0.5) is 0 Å². The fraction of sp³-hybridized carbons (Fsp3) is 0.783. The minimum absolute atomic E-state index is 0.00634. The molecule has 1 unspecified atom stereocenters. The van der Waals surface area contributed by atoms with Gasteiger partial charge in [-0.05, 0) is 68.9 Å². The first-order chi connectivity index (χ1) is 14.6. The first kappa shape index (κ1) is 30.0. The van der Waals surface area contributed by atoms with Crippen molar-refractivity contribution >= 4 is 41.4 Å². The molecule has 1 atom stereocenters. The summed E-state index contributed by atoms with van der Waals surface area (Å²) in [5, 5.41) is 16.8. The molecule has 0 aromatic heterocycles. The van der Waals surface area contributed by atoms with Gasteiger partial charge in [0.15, 0.2) is 5.12 Å². The zero-order valence-electron chi connectivity index (χ0n) is 19.1. The molecule has 0 aromatic carbocycles. The van der Waals surface area contributed by atoms with Crippen molar-refractivity contribution in [2.75, 3.05) is 18.1 Å². The third-order valence-electron chi connectivity index (χ3n) is 5.69. The molecule has 6 nitrogen and oxygen atoms in total. The predicted octanol–water partition coefficient (Wildman–Crippen LogP) is 4.88. The number of hydrogen-bond acceptors (Lipinski definition) is 5. The van der Waals surface area contributed by atoms with Crippen molar-refractivity contribution in [1.29, 1.82) is 0 Å². The average molecular weight is 476 g/mol. The van der Waals surface area contributed by atoms with Gasteiger partial charge in [0.2, 0.25) is 0 Å². The first-order valence-corrected chi connectivity index (χ1v) is 12.8. The van der Waals surface area contributed by atoms with E-state index >= 15 is 0 Å². The van der Waals surface area contributed by atoms with Gasteiger partial charge in [-0.15, -0.1) is 12.6 Å². The van der Waals surface area contributed by atoms with Gasteiger partial charge in [-0.1, -0.05) is 38.8 Å². The molecule has 180 valence electrons. The molecule has 0 spiro atoms. The van der Waals surface area contributed by atoms with Crippen LogP contribution in [-0.2, 0) is 14.4 Å². The van der Waals surface area contributed by atoms with Gasteiger partial charge < -0.3 is 15.9 Å². The number of thiol groups is 1. The van der Waals surface area contributed by atoms with E-state index in [1.54, 1.807) is 0 Å². The Morgan fingerprint density at radius 2 is 1.61 bits per heavy atom. The van der Waals surface area contributed by atoms with Gasteiger partial charge in [0.05, 0.1) is 11.8 Å². The van der Waals surface area contributed by atoms with Crippen LogP contribution in [0.5, 0.6) is 0 Å². The second kappa shape index (κ2) is 17.6. The third kappa shape index (κ3) is 14.6. The highest BCUT2D eigenvalue weighted by Gasteiger charge is 2.27. The van der Waals surface area contributed by atoms with Crippen LogP contribution in [0.1, 0.15) is 71.6 Å². The van der Waals surface area contributed by atoms with E-state index in [9.17, 15) is 14.4 Å². The van der Waals surface area contributed by atoms with Crippen molar-refractivity contribution in [3.05, 3.63) is 12.2 Å². The molecular weight excluding hydrogens is 434 g/mol. The van der Waals surface area contributed by atoms with Crippen LogP contribution < -0.4 is 5.73 Å². The molecule has 31 heavy (non-hydrogen) atoms. The fourth-order valence-corrected chi connectivity index (χ4v) is 4.28. The Morgan fingerprint density at radius 1 is 1.10 bits per heavy atom. The van der Waals surface area contributed by atoms with E-state index in [4.69, 9.17) is 15.9 Å². The Balaban J connectivity index is 0.000000390. The average Bonchev–Trinajstić information content (AvgIpc) is 2.67. The fourth-order valence-electron chi connectivity index (χ4n) is 3.04. The van der Waals surface area contributed by atoms with E-state index in [0.29, 0.717) is 12.8 Å². The van der Waals surface area contributed by atoms with Crippen LogP contribution in [-0.4, -0.2) is 45.3 Å². The van der Waals surface area contributed by atoms with E-state index in [1.165, 1.54) is 19.3 Å². The number of thioether (sulfide) groups is 1. The summed E-state index contributed by atoms with van der Waals surface area (Å²) >= 11 is 5.54. The SMILES string of the molecule is C=C1CC(C(=O)O)C1.CCCC(C)C(=O)S.NCC1CCC1.O=C(O)C1CCSCC1. The monoisotopic (exact) mass is 475 g/mol. The molecule has 0 aromatic rings. The zero-order valence-corrected chi connectivity index (χ0v) is 20.8. The quantitative estimate of drug-likeness (QED) is 0.319. The second-order valence-electron chi connectivity index (χ2n) is 8.48. The molecule has 3 fully saturated rings. The smallest absolute Gasteiger partial charge is 0.307 e. The molecule has 2 saturated carbocycles. The van der Waals surface area contributed by atoms with Gasteiger partial charge in [-0.2, -0.15) is 11.8 Å². The maximum Gasteiger partial charge on any atom is 0.307 e. The topological polar surface area (TPSA) is 118 Å². The number of carboxylic acid groups (broad SMARTS) is 2. The first-order valence-electron chi connectivity index (χ1n) is 11.2. The Bertz CT molecular complexity index is 549. The highest BCUT2D eigenvalue weighted by molar-refractivity contribution is 7.99. The van der Waals surface area contributed by atoms with Crippen molar-refractivity contribution < 1.29 is 24.6 Å². The molecule has 0 bridgehead atoms. The minimum Gasteiger partial charge on any atom is -0.481 e. The molecule has 4 N–H and O–H groups in total. The van der Waals surface area contributed by atoms with Gasteiger partial charge in [0.1, 0.15) is 0 Å². The zero-order chi connectivity index (χ0) is 23.8. The lowest BCUT2D eigenvalue weighted by molar-refractivity contribution is -0.143. The lowest BCUT2D eigenvalue weighted by atomic mass is 9.81. The van der Waals surface area contributed by atoms with E-state index in [-0.39, 0.29) is 22.9 Å². The summed E-state index contributed by atoms with van der Waals surface area (Å²) in [5.41, 5.74) is 6.40. The van der Waals surface area contributed by atoms with Gasteiger partial charge in [-0.25, -0.2) is 0 Å². The lowest BCUT2D eigenvalue weighted by Crippen LogP contribution is -2.22. The predicted molar refractivity (Wildman–Crippen MR) is 132 cm³/mol. The van der Waals surface area contributed by atoms with E-state index in [2.05, 4.69) is 26.1 Å². The molecule has 0 amide bonds. The molecule has 1 aliphatic heterocycles. The minimum atomic E-state index is -0.683. The summed E-state index contributed by atoms with van der Waals surface area (Å²) in [5.74, 6) is 1.61. The molecule has 8 heteroatoms. The van der Waals surface area contributed by atoms with Crippen LogP contribution in [0, 0.1) is 23.7 Å². The summed E-state index contributed by atoms with van der Waals surface area (Å²) in [6.45, 7) is 8.51. The Morgan fingerprint density at radius 3 is 1.77 bits per heavy atom. The number of nitrogens with two attached hydrogens (primary N) is 1. The van der Waals surface area contributed by atoms with Crippen LogP contribution in [0.3, 0.4) is 0 Å². The number of rotatable bonds is 6. The molecule has 0 radical (unpaired) electrons. The standard InChI is InChI=1S/C6H10O2S.C6H8O2.C6H12OS.C5H11N/c7-6(8)5-1-3-9-4-2-5;1-4-2-5(3-4)6(7)8;1-3-4-5(2)6(7)8;6-4-5-2-1-3-5/h5H,1-4H2,(H,7,8);5H,1-3H2,(H,7,8);5H,3-4H2,1-2H3,(H,7,8);5H,1-4,6H2. The van der Waals surface area contributed by atoms with Crippen molar-refractivity contribution in [2.45, 2.75) is 71.6 Å². The third-order valence-corrected chi connectivity index (χ3v) is 7.18. The van der Waals surface area contributed by atoms with Crippen molar-refractivity contribution in [3.63, 3.8) is 0 Å². The van der Waals surface area contributed by atoms with E-state index in [0.717, 1.165) is 55.2 Å². The summed E-state index contributed by atoms with van der Waals surface area (Å²) < 4.78 is 0. The summed E-state index contributed by atoms with van der Waals surface area (Å²) in [4.78, 5) is 30.8. The maximum atomic E-state index is 10.4. The Labute approximate surface area is 197 Å². The van der Waals surface area contributed by atoms with Crippen molar-refractivity contribution in [3.8, 4) is 0 Å². The maximum absolute atomic E-state index is 10.4. The molecule has 2 aliphatic carbocycles. The molecular formula is C23H41NO5S2. The lowest BCUT2D eigenvalue weighted by Gasteiger charge is -2.23. The van der Waals surface area contributed by atoms with Crippen molar-refractivity contribution in [1.82, 2.24) is 0 Å². The van der Waals surface area contributed by atoms with Crippen LogP contribution in [0.2, 0.25) is 0 Å². The number of carboxylic acids is 2. The van der Waals surface area contributed by atoms with Crippen LogP contribution >= 0.6 is 24.4 Å². The van der Waals surface area contributed by atoms with E-state index < -0.39 is 11.9 Å². The normalized spacial score (nSPS) is 19.5. The number of aliphatic carboxylic acids is 2. The van der Waals surface area contributed by atoms with Crippen LogP contribution in [0.15, 0.2) is 12.2 Å². The molecule has 3 aliphatic rings. The number of carbonyl (C=O) groups excluding carboxylic acids is 1. The van der Waals surface area contributed by atoms with Gasteiger partial charge in [-0.3, -0.25) is 14.4 Å². The van der Waals surface area contributed by atoms with Gasteiger partial charge in [0, 0.05) is 5.92 Å². The summed E-state index contributed by atoms with van der Waals surface area (Å²) in [6.07, 6.45) is 9.31. The van der Waals surface area contributed by atoms with E-state index in [1.807, 2.05) is 18.7 Å². The number of carbonyl (C=O) groups is 3. The molecule has 1 heterocycles. The highest BCUT2D eigenvalue weighted by Crippen LogP contribution is 2.31. The molecule has 1 saturated heterocycles. The van der Waals surface area contributed by atoms with Crippen LogP contribution in [0.25, 0.3) is 0 Å².